The van der Waals surface area contributed by atoms with Gasteiger partial charge in [-0.2, -0.15) is 0 Å². The molecule has 1 aromatic rings. The Morgan fingerprint density at radius 1 is 1.38 bits per heavy atom. The van der Waals surface area contributed by atoms with Crippen LogP contribution in [-0.2, 0) is 9.84 Å². The molecule has 0 aliphatic heterocycles. The molecule has 0 amide bonds. The fourth-order valence-corrected chi connectivity index (χ4v) is 1.85. The summed E-state index contributed by atoms with van der Waals surface area (Å²) in [5.41, 5.74) is 6.44. The minimum Gasteiger partial charge on any atom is -0.399 e. The average Bonchev–Trinajstić information content (AvgIpc) is 2.16. The second kappa shape index (κ2) is 4.24. The Morgan fingerprint density at radius 2 is 1.81 bits per heavy atom. The predicted molar refractivity (Wildman–Crippen MR) is 64.9 cm³/mol. The van der Waals surface area contributed by atoms with Crippen molar-refractivity contribution in [3.05, 3.63) is 29.8 Å². The van der Waals surface area contributed by atoms with Crippen LogP contribution in [0.15, 0.2) is 24.3 Å². The summed E-state index contributed by atoms with van der Waals surface area (Å²) in [4.78, 5) is 0. The summed E-state index contributed by atoms with van der Waals surface area (Å²) in [5.74, 6) is 0. The van der Waals surface area contributed by atoms with Gasteiger partial charge in [-0.3, -0.25) is 0 Å². The second-order valence-electron chi connectivity index (χ2n) is 3.83. The number of hydrogen-bond donors (Lipinski definition) is 2. The van der Waals surface area contributed by atoms with E-state index in [1.54, 1.807) is 24.3 Å². The summed E-state index contributed by atoms with van der Waals surface area (Å²) in [5, 5.41) is 9.92. The molecular formula is C10H14ClNO3S. The highest BCUT2D eigenvalue weighted by atomic mass is 35.5. The van der Waals surface area contributed by atoms with Crippen LogP contribution in [0, 0.1) is 0 Å². The molecule has 90 valence electrons. The Bertz CT molecular complexity index is 467. The van der Waals surface area contributed by atoms with Crippen LogP contribution < -0.4 is 5.73 Å². The quantitative estimate of drug-likeness (QED) is 0.636. The van der Waals surface area contributed by atoms with Crippen LogP contribution >= 0.6 is 11.6 Å². The lowest BCUT2D eigenvalue weighted by Crippen LogP contribution is -2.35. The van der Waals surface area contributed by atoms with Crippen molar-refractivity contribution in [3.8, 4) is 0 Å². The molecule has 1 rings (SSSR count). The zero-order chi connectivity index (χ0) is 12.6. The van der Waals surface area contributed by atoms with Crippen molar-refractivity contribution in [2.45, 2.75) is 17.2 Å². The highest BCUT2D eigenvalue weighted by molar-refractivity contribution is 7.93. The fraction of sp³-hybridized carbons (Fsp3) is 0.400. The monoisotopic (exact) mass is 263 g/mol. The lowest BCUT2D eigenvalue weighted by molar-refractivity contribution is 0.163. The van der Waals surface area contributed by atoms with Crippen LogP contribution in [0.2, 0.25) is 0 Å². The van der Waals surface area contributed by atoms with Gasteiger partial charge in [-0.15, -0.1) is 0 Å². The highest BCUT2D eigenvalue weighted by Gasteiger charge is 2.41. The standard InChI is InChI=1S/C10H14ClNO3S/c1-10(11,16(2,14)15)9(13)7-3-5-8(12)6-4-7/h3-6,9,13H,12H2,1-2H3/t9-,10+/m1/s1. The van der Waals surface area contributed by atoms with E-state index in [-0.39, 0.29) is 0 Å². The molecule has 16 heavy (non-hydrogen) atoms. The number of halogens is 1. The second-order valence-corrected chi connectivity index (χ2v) is 7.23. The van der Waals surface area contributed by atoms with E-state index in [0.29, 0.717) is 11.3 Å². The van der Waals surface area contributed by atoms with Crippen molar-refractivity contribution < 1.29 is 13.5 Å². The molecule has 0 bridgehead atoms. The van der Waals surface area contributed by atoms with Gasteiger partial charge in [0.25, 0.3) is 0 Å². The molecule has 0 saturated heterocycles. The third kappa shape index (κ3) is 2.48. The largest absolute Gasteiger partial charge is 0.399 e. The van der Waals surface area contributed by atoms with Crippen molar-refractivity contribution in [3.63, 3.8) is 0 Å². The molecule has 0 unspecified atom stereocenters. The molecule has 2 atom stereocenters. The number of sulfone groups is 1. The molecular weight excluding hydrogens is 250 g/mol. The number of anilines is 1. The number of benzene rings is 1. The lowest BCUT2D eigenvalue weighted by atomic mass is 10.1. The number of aliphatic hydroxyl groups excluding tert-OH is 1. The third-order valence-corrected chi connectivity index (χ3v) is 5.19. The maximum absolute atomic E-state index is 11.4. The molecule has 0 heterocycles. The molecule has 4 nitrogen and oxygen atoms in total. The number of alkyl halides is 1. The zero-order valence-corrected chi connectivity index (χ0v) is 10.6. The van der Waals surface area contributed by atoms with Gasteiger partial charge in [0.2, 0.25) is 0 Å². The maximum Gasteiger partial charge on any atom is 0.172 e. The van der Waals surface area contributed by atoms with E-state index in [1.807, 2.05) is 0 Å². The average molecular weight is 264 g/mol. The minimum absolute atomic E-state index is 0.414. The smallest absolute Gasteiger partial charge is 0.172 e. The van der Waals surface area contributed by atoms with Crippen molar-refractivity contribution in [2.24, 2.45) is 0 Å². The van der Waals surface area contributed by atoms with Crippen LogP contribution in [0.1, 0.15) is 18.6 Å². The van der Waals surface area contributed by atoms with Gasteiger partial charge in [0.05, 0.1) is 0 Å². The molecule has 0 aliphatic carbocycles. The van der Waals surface area contributed by atoms with E-state index in [2.05, 4.69) is 0 Å². The maximum atomic E-state index is 11.4. The summed E-state index contributed by atoms with van der Waals surface area (Å²) < 4.78 is 21.1. The first-order valence-electron chi connectivity index (χ1n) is 4.58. The van der Waals surface area contributed by atoms with Crippen LogP contribution in [0.4, 0.5) is 5.69 Å². The molecule has 0 fully saturated rings. The molecule has 0 spiro atoms. The van der Waals surface area contributed by atoms with Crippen LogP contribution in [0.3, 0.4) is 0 Å². The summed E-state index contributed by atoms with van der Waals surface area (Å²) in [6, 6.07) is 6.25. The van der Waals surface area contributed by atoms with E-state index in [4.69, 9.17) is 17.3 Å². The SMILES string of the molecule is C[C@@](Cl)([C@H](O)c1ccc(N)cc1)S(C)(=O)=O. The van der Waals surface area contributed by atoms with Gasteiger partial charge >= 0.3 is 0 Å². The molecule has 0 aliphatic rings. The van der Waals surface area contributed by atoms with Gasteiger partial charge in [-0.05, 0) is 24.6 Å². The number of rotatable bonds is 3. The summed E-state index contributed by atoms with van der Waals surface area (Å²) in [6.07, 6.45) is -0.315. The molecule has 0 aromatic heterocycles. The Hall–Kier alpha value is -0.780. The van der Waals surface area contributed by atoms with Crippen molar-refractivity contribution in [1.29, 1.82) is 0 Å². The van der Waals surface area contributed by atoms with Gasteiger partial charge in [0.15, 0.2) is 14.0 Å². The molecule has 0 radical (unpaired) electrons. The normalized spacial score (nSPS) is 17.8. The predicted octanol–water partition coefficient (Wildman–Crippen LogP) is 1.30. The van der Waals surface area contributed by atoms with E-state index < -0.39 is 20.1 Å². The number of nitrogens with two attached hydrogens (primary N) is 1. The molecule has 1 aromatic carbocycles. The van der Waals surface area contributed by atoms with Gasteiger partial charge in [-0.1, -0.05) is 23.7 Å². The van der Waals surface area contributed by atoms with E-state index in [0.717, 1.165) is 6.26 Å². The molecule has 6 heteroatoms. The zero-order valence-electron chi connectivity index (χ0n) is 9.01. The molecule has 0 saturated carbocycles. The van der Waals surface area contributed by atoms with Crippen LogP contribution in [0.5, 0.6) is 0 Å². The number of hydrogen-bond acceptors (Lipinski definition) is 4. The lowest BCUT2D eigenvalue weighted by Gasteiger charge is -2.26. The third-order valence-electron chi connectivity index (χ3n) is 2.47. The van der Waals surface area contributed by atoms with Crippen molar-refractivity contribution in [1.82, 2.24) is 0 Å². The van der Waals surface area contributed by atoms with Crippen molar-refractivity contribution >= 4 is 27.1 Å². The molecule has 3 N–H and O–H groups in total. The van der Waals surface area contributed by atoms with Crippen molar-refractivity contribution in [2.75, 3.05) is 12.0 Å². The number of aliphatic hydroxyl groups is 1. The van der Waals surface area contributed by atoms with E-state index in [9.17, 15) is 13.5 Å². The van der Waals surface area contributed by atoms with Crippen LogP contribution in [0.25, 0.3) is 0 Å². The minimum atomic E-state index is -3.58. The summed E-state index contributed by atoms with van der Waals surface area (Å²) >= 11 is 5.87. The van der Waals surface area contributed by atoms with Gasteiger partial charge in [-0.25, -0.2) is 8.42 Å². The van der Waals surface area contributed by atoms with Gasteiger partial charge in [0.1, 0.15) is 6.10 Å². The topological polar surface area (TPSA) is 80.4 Å². The Kier molecular flexibility index (Phi) is 3.52. The van der Waals surface area contributed by atoms with Gasteiger partial charge < -0.3 is 10.8 Å². The first-order chi connectivity index (χ1) is 7.16. The summed E-state index contributed by atoms with van der Waals surface area (Å²) in [7, 11) is -3.58. The van der Waals surface area contributed by atoms with Crippen LogP contribution in [-0.4, -0.2) is 24.0 Å². The first-order valence-corrected chi connectivity index (χ1v) is 6.85. The van der Waals surface area contributed by atoms with Gasteiger partial charge in [0, 0.05) is 11.9 Å². The number of nitrogen functional groups attached to an aromatic ring is 1. The Labute approximate surface area is 100.0 Å². The Morgan fingerprint density at radius 3 is 2.19 bits per heavy atom. The van der Waals surface area contributed by atoms with E-state index in [1.165, 1.54) is 6.92 Å². The fourth-order valence-electron chi connectivity index (χ4n) is 1.18. The van der Waals surface area contributed by atoms with E-state index >= 15 is 0 Å². The first kappa shape index (κ1) is 13.3. The summed E-state index contributed by atoms with van der Waals surface area (Å²) in [6.45, 7) is 1.27. The Balaban J connectivity index is 3.12. The highest BCUT2D eigenvalue weighted by Crippen LogP contribution is 2.36.